The Balaban J connectivity index is 1.72. The van der Waals surface area contributed by atoms with E-state index >= 15 is 0 Å². The van der Waals surface area contributed by atoms with E-state index in [9.17, 15) is 14.4 Å². The van der Waals surface area contributed by atoms with Gasteiger partial charge >= 0.3 is 17.7 Å². The van der Waals surface area contributed by atoms with Crippen molar-refractivity contribution in [3.8, 4) is 5.75 Å². The Hall–Kier alpha value is -3.32. The van der Waals surface area contributed by atoms with Crippen LogP contribution in [0.1, 0.15) is 37.3 Å². The number of ether oxygens (including phenoxy) is 2. The molecule has 1 heterocycles. The molecule has 0 fully saturated rings. The van der Waals surface area contributed by atoms with Crippen LogP contribution in [0.2, 0.25) is 5.02 Å². The van der Waals surface area contributed by atoms with Crippen molar-refractivity contribution < 1.29 is 23.5 Å². The van der Waals surface area contributed by atoms with E-state index < -0.39 is 23.7 Å². The van der Waals surface area contributed by atoms with Crippen molar-refractivity contribution in [3.63, 3.8) is 0 Å². The van der Waals surface area contributed by atoms with E-state index in [2.05, 4.69) is 5.32 Å². The Morgan fingerprint density at radius 3 is 2.62 bits per heavy atom. The number of esters is 1. The van der Waals surface area contributed by atoms with Gasteiger partial charge in [-0.15, -0.1) is 0 Å². The van der Waals surface area contributed by atoms with E-state index in [4.69, 9.17) is 25.5 Å². The predicted octanol–water partition coefficient (Wildman–Crippen LogP) is 5.15. The average molecular weight is 458 g/mol. The third-order valence-corrected chi connectivity index (χ3v) is 5.15. The number of aryl methyl sites for hydroxylation is 1. The first-order chi connectivity index (χ1) is 15.4. The van der Waals surface area contributed by atoms with Gasteiger partial charge in [0.05, 0.1) is 5.02 Å². The molecule has 0 aliphatic rings. The normalized spacial score (nSPS) is 11.7. The molecule has 7 nitrogen and oxygen atoms in total. The van der Waals surface area contributed by atoms with Crippen molar-refractivity contribution in [2.24, 2.45) is 0 Å². The first-order valence-electron chi connectivity index (χ1n) is 10.3. The first kappa shape index (κ1) is 23.3. The number of carbonyl (C=O) groups excluding carboxylic acids is 2. The van der Waals surface area contributed by atoms with E-state index in [1.165, 1.54) is 12.1 Å². The van der Waals surface area contributed by atoms with E-state index in [0.717, 1.165) is 12.0 Å². The fourth-order valence-corrected chi connectivity index (χ4v) is 3.34. The number of carbonyl (C=O) groups is 2. The maximum absolute atomic E-state index is 12.8. The number of hydrogen-bond acceptors (Lipinski definition) is 6. The number of benzene rings is 2. The third kappa shape index (κ3) is 6.11. The van der Waals surface area contributed by atoms with Gasteiger partial charge in [-0.25, -0.2) is 14.4 Å². The smallest absolute Gasteiger partial charge is 0.408 e. The molecule has 1 aromatic heterocycles. The summed E-state index contributed by atoms with van der Waals surface area (Å²) in [5.41, 5.74) is 1.26. The lowest BCUT2D eigenvalue weighted by atomic mass is 10.1. The number of nitrogens with one attached hydrogen (secondary N) is 1. The number of hydrogen-bond donors (Lipinski definition) is 1. The molecule has 0 unspecified atom stereocenters. The molecule has 0 aliphatic heterocycles. The summed E-state index contributed by atoms with van der Waals surface area (Å²) in [7, 11) is 0. The zero-order chi connectivity index (χ0) is 23.1. The molecule has 0 radical (unpaired) electrons. The highest BCUT2D eigenvalue weighted by molar-refractivity contribution is 6.33. The predicted molar refractivity (Wildman–Crippen MR) is 121 cm³/mol. The van der Waals surface area contributed by atoms with E-state index in [0.29, 0.717) is 23.8 Å². The molecule has 3 aromatic rings. The minimum Gasteiger partial charge on any atom is -0.445 e. The standard InChI is InChI=1S/C24H24ClNO6/c1-3-4-10-19(26-24(29)30-14-16-8-6-5-7-9-16)23(28)32-21-13-20-17(12-18(21)25)15(2)11-22(27)31-20/h5-9,11-13,19H,3-4,10,14H2,1-2H3,(H,26,29)/t19-/m0/s1. The molecule has 3 rings (SSSR count). The summed E-state index contributed by atoms with van der Waals surface area (Å²) in [6.07, 6.45) is 1.16. The maximum Gasteiger partial charge on any atom is 0.408 e. The molecular weight excluding hydrogens is 434 g/mol. The van der Waals surface area contributed by atoms with E-state index in [1.807, 2.05) is 37.3 Å². The molecule has 2 aromatic carbocycles. The van der Waals surface area contributed by atoms with Crippen molar-refractivity contribution in [2.75, 3.05) is 0 Å². The molecule has 0 spiro atoms. The van der Waals surface area contributed by atoms with Gasteiger partial charge in [0.1, 0.15) is 18.2 Å². The van der Waals surface area contributed by atoms with Crippen molar-refractivity contribution in [1.82, 2.24) is 5.32 Å². The largest absolute Gasteiger partial charge is 0.445 e. The Kier molecular flexibility index (Phi) is 7.89. The van der Waals surface area contributed by atoms with Gasteiger partial charge in [-0.3, -0.25) is 0 Å². The zero-order valence-corrected chi connectivity index (χ0v) is 18.6. The molecule has 32 heavy (non-hydrogen) atoms. The summed E-state index contributed by atoms with van der Waals surface area (Å²) >= 11 is 6.28. The zero-order valence-electron chi connectivity index (χ0n) is 17.9. The van der Waals surface area contributed by atoms with Gasteiger partial charge in [-0.05, 0) is 30.5 Å². The lowest BCUT2D eigenvalue weighted by molar-refractivity contribution is -0.136. The van der Waals surface area contributed by atoms with Crippen LogP contribution in [0.15, 0.2) is 57.7 Å². The van der Waals surface area contributed by atoms with E-state index in [-0.39, 0.29) is 23.0 Å². The molecule has 1 amide bonds. The Morgan fingerprint density at radius 2 is 1.91 bits per heavy atom. The van der Waals surface area contributed by atoms with Gasteiger partial charge < -0.3 is 19.2 Å². The van der Waals surface area contributed by atoms with Crippen LogP contribution in [0.3, 0.4) is 0 Å². The number of halogens is 1. The summed E-state index contributed by atoms with van der Waals surface area (Å²) in [6.45, 7) is 3.81. The van der Waals surface area contributed by atoms with Gasteiger partial charge in [-0.2, -0.15) is 0 Å². The van der Waals surface area contributed by atoms with E-state index in [1.54, 1.807) is 13.0 Å². The van der Waals surface area contributed by atoms with Crippen molar-refractivity contribution in [2.45, 2.75) is 45.8 Å². The number of unbranched alkanes of at least 4 members (excludes halogenated alkanes) is 1. The Labute approximate surface area is 190 Å². The van der Waals surface area contributed by atoms with Crippen molar-refractivity contribution >= 4 is 34.6 Å². The quantitative estimate of drug-likeness (QED) is 0.285. The van der Waals surface area contributed by atoms with Crippen LogP contribution >= 0.6 is 11.6 Å². The minimum absolute atomic E-state index is 0.0406. The molecular formula is C24H24ClNO6. The minimum atomic E-state index is -0.922. The molecule has 0 saturated heterocycles. The lowest BCUT2D eigenvalue weighted by Gasteiger charge is -2.18. The van der Waals surface area contributed by atoms with Gasteiger partial charge in [0.2, 0.25) is 0 Å². The van der Waals surface area contributed by atoms with Crippen LogP contribution < -0.4 is 15.7 Å². The van der Waals surface area contributed by atoms with Gasteiger partial charge in [0.15, 0.2) is 5.75 Å². The summed E-state index contributed by atoms with van der Waals surface area (Å²) in [4.78, 5) is 36.7. The maximum atomic E-state index is 12.8. The second-order valence-electron chi connectivity index (χ2n) is 7.35. The second kappa shape index (κ2) is 10.8. The van der Waals surface area contributed by atoms with Crippen molar-refractivity contribution in [3.05, 3.63) is 75.1 Å². The molecule has 8 heteroatoms. The van der Waals surface area contributed by atoms with Crippen LogP contribution in [0, 0.1) is 6.92 Å². The molecule has 1 N–H and O–H groups in total. The van der Waals surface area contributed by atoms with Gasteiger partial charge in [0.25, 0.3) is 0 Å². The molecule has 0 aliphatic carbocycles. The van der Waals surface area contributed by atoms with Gasteiger partial charge in [0, 0.05) is 17.5 Å². The SMILES string of the molecule is CCCC[C@H](NC(=O)OCc1ccccc1)C(=O)Oc1cc2oc(=O)cc(C)c2cc1Cl. The molecule has 0 bridgehead atoms. The molecule has 168 valence electrons. The topological polar surface area (TPSA) is 94.8 Å². The van der Waals surface area contributed by atoms with Crippen LogP contribution in [0.5, 0.6) is 5.75 Å². The van der Waals surface area contributed by atoms with Crippen LogP contribution in [-0.2, 0) is 16.1 Å². The second-order valence-corrected chi connectivity index (χ2v) is 7.76. The van der Waals surface area contributed by atoms with Crippen LogP contribution in [0.25, 0.3) is 11.0 Å². The Bertz CT molecular complexity index is 1160. The summed E-state index contributed by atoms with van der Waals surface area (Å²) in [5.74, 6) is -0.648. The Morgan fingerprint density at radius 1 is 1.16 bits per heavy atom. The first-order valence-corrected chi connectivity index (χ1v) is 10.7. The monoisotopic (exact) mass is 457 g/mol. The summed E-state index contributed by atoms with van der Waals surface area (Å²) in [6, 6.07) is 12.6. The fourth-order valence-electron chi connectivity index (χ4n) is 3.14. The lowest BCUT2D eigenvalue weighted by Crippen LogP contribution is -2.43. The number of alkyl carbamates (subject to hydrolysis) is 1. The third-order valence-electron chi connectivity index (χ3n) is 4.85. The highest BCUT2D eigenvalue weighted by atomic mass is 35.5. The average Bonchev–Trinajstić information content (AvgIpc) is 2.77. The number of rotatable bonds is 8. The number of amides is 1. The van der Waals surface area contributed by atoms with Gasteiger partial charge in [-0.1, -0.05) is 61.7 Å². The highest BCUT2D eigenvalue weighted by Crippen LogP contribution is 2.31. The molecule has 0 saturated carbocycles. The van der Waals surface area contributed by atoms with Crippen LogP contribution in [0.4, 0.5) is 4.79 Å². The van der Waals surface area contributed by atoms with Crippen molar-refractivity contribution in [1.29, 1.82) is 0 Å². The highest BCUT2D eigenvalue weighted by Gasteiger charge is 2.24. The summed E-state index contributed by atoms with van der Waals surface area (Å²) in [5, 5.41) is 3.39. The number of fused-ring (bicyclic) bond motifs is 1. The fraction of sp³-hybridized carbons (Fsp3) is 0.292. The van der Waals surface area contributed by atoms with Crippen LogP contribution in [-0.4, -0.2) is 18.1 Å². The molecule has 1 atom stereocenters. The summed E-state index contributed by atoms with van der Waals surface area (Å²) < 4.78 is 15.9.